The first kappa shape index (κ1) is 25.3. The fourth-order valence-corrected chi connectivity index (χ4v) is 5.09. The van der Waals surface area contributed by atoms with Gasteiger partial charge in [0.1, 0.15) is 5.69 Å². The van der Waals surface area contributed by atoms with Gasteiger partial charge in [-0.25, -0.2) is 21.8 Å². The van der Waals surface area contributed by atoms with Crippen LogP contribution in [0.4, 0.5) is 11.4 Å². The molecule has 8 nitrogen and oxygen atoms in total. The topological polar surface area (TPSA) is 122 Å². The van der Waals surface area contributed by atoms with Crippen LogP contribution in [0.2, 0.25) is 15.1 Å². The molecule has 0 saturated carbocycles. The van der Waals surface area contributed by atoms with Gasteiger partial charge < -0.3 is 0 Å². The smallest absolute Gasteiger partial charge is 0.261 e. The number of anilines is 2. The van der Waals surface area contributed by atoms with Gasteiger partial charge in [0.15, 0.2) is 0 Å². The van der Waals surface area contributed by atoms with Gasteiger partial charge >= 0.3 is 0 Å². The number of carbonyl (C=O) groups excluding carboxylic acids is 1. The Bertz CT molecular complexity index is 1480. The van der Waals surface area contributed by atoms with Gasteiger partial charge in [-0.1, -0.05) is 40.9 Å². The van der Waals surface area contributed by atoms with Crippen molar-refractivity contribution in [2.45, 2.75) is 11.8 Å². The molecule has 174 valence electrons. The SMILES string of the molecule is Cc1cc(S(=O)(=O)Nc2cc(Cl)cnc2C(=O)c2c(Cl)cccc2NS(C)(=O)=O)ccc1Cl. The third-order valence-corrected chi connectivity index (χ3v) is 7.19. The molecule has 0 saturated heterocycles. The normalized spacial score (nSPS) is 11.8. The minimum absolute atomic E-state index is 0.0604. The van der Waals surface area contributed by atoms with E-state index in [9.17, 15) is 21.6 Å². The Labute approximate surface area is 206 Å². The molecule has 0 aliphatic carbocycles. The highest BCUT2D eigenvalue weighted by Crippen LogP contribution is 2.31. The lowest BCUT2D eigenvalue weighted by Crippen LogP contribution is -2.19. The summed E-state index contributed by atoms with van der Waals surface area (Å²) in [5, 5.41) is 0.386. The molecule has 0 aliphatic heterocycles. The molecule has 3 aromatic rings. The quantitative estimate of drug-likeness (QED) is 0.411. The largest absolute Gasteiger partial charge is 0.287 e. The number of halogens is 3. The number of nitrogens with zero attached hydrogens (tertiary/aromatic N) is 1. The van der Waals surface area contributed by atoms with Crippen LogP contribution in [0.5, 0.6) is 0 Å². The molecule has 0 amide bonds. The number of nitrogens with one attached hydrogen (secondary N) is 2. The molecule has 0 radical (unpaired) electrons. The van der Waals surface area contributed by atoms with Gasteiger partial charge in [0.2, 0.25) is 15.8 Å². The maximum Gasteiger partial charge on any atom is 0.261 e. The first-order valence-corrected chi connectivity index (χ1v) is 13.5. The average molecular weight is 549 g/mol. The maximum atomic E-state index is 13.3. The van der Waals surface area contributed by atoms with Gasteiger partial charge in [0.05, 0.1) is 38.1 Å². The lowest BCUT2D eigenvalue weighted by atomic mass is 10.0. The van der Waals surface area contributed by atoms with E-state index in [-0.39, 0.29) is 37.6 Å². The summed E-state index contributed by atoms with van der Waals surface area (Å²) in [6.45, 7) is 1.64. The van der Waals surface area contributed by atoms with Crippen molar-refractivity contribution in [2.75, 3.05) is 15.7 Å². The van der Waals surface area contributed by atoms with Crippen molar-refractivity contribution in [3.8, 4) is 0 Å². The Hall–Kier alpha value is -2.37. The number of ketones is 1. The minimum Gasteiger partial charge on any atom is -0.287 e. The summed E-state index contributed by atoms with van der Waals surface area (Å²) in [5.74, 6) is -0.826. The van der Waals surface area contributed by atoms with Gasteiger partial charge in [-0.05, 0) is 48.9 Å². The summed E-state index contributed by atoms with van der Waals surface area (Å²) in [5.41, 5.74) is -0.313. The lowest BCUT2D eigenvalue weighted by molar-refractivity contribution is 0.103. The lowest BCUT2D eigenvalue weighted by Gasteiger charge is -2.15. The van der Waals surface area contributed by atoms with Crippen LogP contribution in [-0.4, -0.2) is 33.9 Å². The van der Waals surface area contributed by atoms with Gasteiger partial charge in [0.25, 0.3) is 10.0 Å². The van der Waals surface area contributed by atoms with E-state index >= 15 is 0 Å². The van der Waals surface area contributed by atoms with E-state index in [1.165, 1.54) is 42.5 Å². The Kier molecular flexibility index (Phi) is 7.25. The Morgan fingerprint density at radius 2 is 1.61 bits per heavy atom. The summed E-state index contributed by atoms with van der Waals surface area (Å²) in [4.78, 5) is 17.2. The zero-order valence-corrected chi connectivity index (χ0v) is 21.0. The fourth-order valence-electron chi connectivity index (χ4n) is 2.84. The molecular weight excluding hydrogens is 533 g/mol. The predicted octanol–water partition coefficient (Wildman–Crippen LogP) is 4.75. The average Bonchev–Trinajstić information content (AvgIpc) is 2.68. The number of hydrogen-bond donors (Lipinski definition) is 2. The van der Waals surface area contributed by atoms with Crippen molar-refractivity contribution < 1.29 is 21.6 Å². The summed E-state index contributed by atoms with van der Waals surface area (Å²) in [6.07, 6.45) is 2.07. The molecular formula is C20H16Cl3N3O5S2. The number of benzene rings is 2. The van der Waals surface area contributed by atoms with Gasteiger partial charge in [0, 0.05) is 11.2 Å². The highest BCUT2D eigenvalue weighted by molar-refractivity contribution is 7.92. The number of aryl methyl sites for hydroxylation is 1. The van der Waals surface area contributed by atoms with Crippen LogP contribution >= 0.6 is 34.8 Å². The molecule has 13 heteroatoms. The Balaban J connectivity index is 2.11. The third kappa shape index (κ3) is 5.96. The van der Waals surface area contributed by atoms with Crippen LogP contribution < -0.4 is 9.44 Å². The third-order valence-electron chi connectivity index (χ3n) is 4.29. The Morgan fingerprint density at radius 3 is 2.24 bits per heavy atom. The van der Waals surface area contributed by atoms with Crippen LogP contribution in [0, 0.1) is 6.92 Å². The fraction of sp³-hybridized carbons (Fsp3) is 0.100. The molecule has 0 spiro atoms. The monoisotopic (exact) mass is 547 g/mol. The highest BCUT2D eigenvalue weighted by atomic mass is 35.5. The van der Waals surface area contributed by atoms with Crippen LogP contribution in [0.1, 0.15) is 21.6 Å². The number of sulfonamides is 2. The molecule has 0 bridgehead atoms. The first-order chi connectivity index (χ1) is 15.3. The second-order valence-electron chi connectivity index (χ2n) is 6.93. The van der Waals surface area contributed by atoms with Crippen molar-refractivity contribution >= 4 is 72.0 Å². The highest BCUT2D eigenvalue weighted by Gasteiger charge is 2.26. The van der Waals surface area contributed by atoms with E-state index in [0.717, 1.165) is 12.5 Å². The number of aromatic nitrogens is 1. The molecule has 0 aliphatic rings. The summed E-state index contributed by atoms with van der Waals surface area (Å²) in [7, 11) is -7.91. The predicted molar refractivity (Wildman–Crippen MR) is 130 cm³/mol. The molecule has 0 unspecified atom stereocenters. The minimum atomic E-state index is -4.16. The number of rotatable bonds is 7. The number of hydrogen-bond acceptors (Lipinski definition) is 6. The van der Waals surface area contributed by atoms with Crippen LogP contribution in [0.25, 0.3) is 0 Å². The molecule has 1 aromatic heterocycles. The van der Waals surface area contributed by atoms with E-state index in [1.54, 1.807) is 6.92 Å². The zero-order valence-electron chi connectivity index (χ0n) is 17.1. The van der Waals surface area contributed by atoms with Crippen molar-refractivity contribution in [2.24, 2.45) is 0 Å². The van der Waals surface area contributed by atoms with Crippen LogP contribution in [-0.2, 0) is 20.0 Å². The molecule has 0 atom stereocenters. The maximum absolute atomic E-state index is 13.3. The molecule has 2 aromatic carbocycles. The van der Waals surface area contributed by atoms with E-state index in [0.29, 0.717) is 10.6 Å². The molecule has 0 fully saturated rings. The second-order valence-corrected chi connectivity index (χ2v) is 11.6. The number of carbonyl (C=O) groups is 1. The van der Waals surface area contributed by atoms with Crippen molar-refractivity contribution in [3.05, 3.63) is 80.6 Å². The first-order valence-electron chi connectivity index (χ1n) is 9.04. The summed E-state index contributed by atoms with van der Waals surface area (Å²) >= 11 is 18.2. The van der Waals surface area contributed by atoms with Crippen molar-refractivity contribution in [3.63, 3.8) is 0 Å². The van der Waals surface area contributed by atoms with Gasteiger partial charge in [-0.3, -0.25) is 14.2 Å². The second kappa shape index (κ2) is 9.47. The van der Waals surface area contributed by atoms with E-state index < -0.39 is 25.8 Å². The zero-order chi connectivity index (χ0) is 24.6. The molecule has 2 N–H and O–H groups in total. The van der Waals surface area contributed by atoms with Gasteiger partial charge in [-0.15, -0.1) is 0 Å². The van der Waals surface area contributed by atoms with E-state index in [1.807, 2.05) is 0 Å². The van der Waals surface area contributed by atoms with E-state index in [2.05, 4.69) is 14.4 Å². The van der Waals surface area contributed by atoms with Crippen LogP contribution in [0.3, 0.4) is 0 Å². The van der Waals surface area contributed by atoms with Crippen molar-refractivity contribution in [1.29, 1.82) is 0 Å². The number of pyridine rings is 1. The van der Waals surface area contributed by atoms with Gasteiger partial charge in [-0.2, -0.15) is 0 Å². The standard InChI is InChI=1S/C20H16Cl3N3O5S2/c1-11-8-13(6-7-14(11)22)33(30,31)26-17-9-12(21)10-24-19(17)20(27)18-15(23)4-3-5-16(18)25-32(2,28)29/h3-10,25-26H,1-2H3. The Morgan fingerprint density at radius 1 is 0.909 bits per heavy atom. The van der Waals surface area contributed by atoms with Crippen LogP contribution in [0.15, 0.2) is 53.6 Å². The molecule has 33 heavy (non-hydrogen) atoms. The van der Waals surface area contributed by atoms with E-state index in [4.69, 9.17) is 34.8 Å². The van der Waals surface area contributed by atoms with Crippen molar-refractivity contribution in [1.82, 2.24) is 4.98 Å². The summed E-state index contributed by atoms with van der Waals surface area (Å²) in [6, 6.07) is 9.50. The molecule has 3 rings (SSSR count). The molecule has 1 heterocycles. The summed E-state index contributed by atoms with van der Waals surface area (Å²) < 4.78 is 53.9.